The summed E-state index contributed by atoms with van der Waals surface area (Å²) in [5.74, 6) is -0.223. The van der Waals surface area contributed by atoms with Crippen LogP contribution >= 0.6 is 11.8 Å². The number of methoxy groups -OCH3 is 1. The number of aliphatic carboxylic acids is 1. The molecule has 0 amide bonds. The molecule has 0 unspecified atom stereocenters. The van der Waals surface area contributed by atoms with Crippen LogP contribution in [-0.2, 0) is 4.79 Å². The number of carbonyl (C=O) groups is 1. The zero-order valence-electron chi connectivity index (χ0n) is 11.3. The van der Waals surface area contributed by atoms with E-state index in [1.807, 2.05) is 0 Å². The van der Waals surface area contributed by atoms with Crippen molar-refractivity contribution in [2.45, 2.75) is 12.1 Å². The van der Waals surface area contributed by atoms with Crippen molar-refractivity contribution in [1.29, 1.82) is 0 Å². The number of aromatic amines is 1. The van der Waals surface area contributed by atoms with Gasteiger partial charge in [-0.1, -0.05) is 6.07 Å². The van der Waals surface area contributed by atoms with E-state index in [1.54, 1.807) is 19.1 Å². The van der Waals surface area contributed by atoms with Gasteiger partial charge in [-0.25, -0.2) is 9.78 Å². The second-order valence-corrected chi connectivity index (χ2v) is 5.06. The van der Waals surface area contributed by atoms with Crippen molar-refractivity contribution < 1.29 is 19.7 Å². The first kappa shape index (κ1) is 14.9. The number of thioether (sulfide) groups is 1. The third kappa shape index (κ3) is 3.76. The van der Waals surface area contributed by atoms with E-state index in [1.165, 1.54) is 19.3 Å². The number of benzene rings is 1. The molecule has 1 aromatic carbocycles. The van der Waals surface area contributed by atoms with Crippen LogP contribution in [-0.4, -0.2) is 38.5 Å². The molecule has 0 aliphatic heterocycles. The summed E-state index contributed by atoms with van der Waals surface area (Å²) >= 11 is 0.935. The van der Waals surface area contributed by atoms with Crippen LogP contribution < -0.4 is 4.74 Å². The van der Waals surface area contributed by atoms with Crippen molar-refractivity contribution in [1.82, 2.24) is 15.2 Å². The van der Waals surface area contributed by atoms with Crippen molar-refractivity contribution in [3.8, 4) is 11.5 Å². The number of carboxylic acids is 1. The molecule has 21 heavy (non-hydrogen) atoms. The van der Waals surface area contributed by atoms with Crippen molar-refractivity contribution in [2.75, 3.05) is 7.11 Å². The number of rotatable bonds is 5. The second kappa shape index (κ2) is 6.31. The number of carboxylic acid groups (broad SMARTS) is 1. The highest BCUT2D eigenvalue weighted by Gasteiger charge is 2.13. The number of hydrogen-bond donors (Lipinski definition) is 3. The number of hydrogen-bond acceptors (Lipinski definition) is 6. The minimum absolute atomic E-state index is 0.0104. The molecule has 2 aromatic rings. The van der Waals surface area contributed by atoms with Gasteiger partial charge in [0.25, 0.3) is 0 Å². The molecule has 2 rings (SSSR count). The van der Waals surface area contributed by atoms with Gasteiger partial charge in [0, 0.05) is 0 Å². The third-order valence-electron chi connectivity index (χ3n) is 2.49. The van der Waals surface area contributed by atoms with Gasteiger partial charge in [0.1, 0.15) is 10.7 Å². The SMILES string of the molecule is COc1cc(/C=C(\Sc2n[nH]c(C)n2)C(=O)O)ccc1O. The minimum atomic E-state index is -1.09. The number of phenols is 1. The smallest absolute Gasteiger partial charge is 0.342 e. The van der Waals surface area contributed by atoms with Gasteiger partial charge in [0.2, 0.25) is 5.16 Å². The molecular formula is C13H13N3O4S. The van der Waals surface area contributed by atoms with E-state index in [2.05, 4.69) is 15.2 Å². The van der Waals surface area contributed by atoms with E-state index in [0.717, 1.165) is 11.8 Å². The molecule has 0 bridgehead atoms. The van der Waals surface area contributed by atoms with Crippen LogP contribution in [0.3, 0.4) is 0 Å². The third-order valence-corrected chi connectivity index (χ3v) is 3.37. The van der Waals surface area contributed by atoms with Gasteiger partial charge < -0.3 is 14.9 Å². The van der Waals surface area contributed by atoms with E-state index in [0.29, 0.717) is 16.5 Å². The van der Waals surface area contributed by atoms with Gasteiger partial charge in [-0.05, 0) is 42.5 Å². The normalized spacial score (nSPS) is 11.4. The fourth-order valence-electron chi connectivity index (χ4n) is 1.54. The number of aromatic nitrogens is 3. The van der Waals surface area contributed by atoms with E-state index in [4.69, 9.17) is 4.74 Å². The zero-order valence-corrected chi connectivity index (χ0v) is 12.1. The summed E-state index contributed by atoms with van der Waals surface area (Å²) in [6.45, 7) is 1.73. The highest BCUT2D eigenvalue weighted by atomic mass is 32.2. The molecule has 0 radical (unpaired) electrons. The molecule has 110 valence electrons. The fraction of sp³-hybridized carbons (Fsp3) is 0.154. The summed E-state index contributed by atoms with van der Waals surface area (Å²) < 4.78 is 4.99. The van der Waals surface area contributed by atoms with Crippen LogP contribution in [0.25, 0.3) is 6.08 Å². The Bertz CT molecular complexity index is 696. The van der Waals surface area contributed by atoms with Crippen LogP contribution in [0.5, 0.6) is 11.5 Å². The fourth-order valence-corrected chi connectivity index (χ4v) is 2.29. The van der Waals surface area contributed by atoms with Crippen LogP contribution in [0.4, 0.5) is 0 Å². The molecule has 0 saturated heterocycles. The maximum atomic E-state index is 11.3. The highest BCUT2D eigenvalue weighted by Crippen LogP contribution is 2.30. The lowest BCUT2D eigenvalue weighted by molar-refractivity contribution is -0.131. The molecule has 3 N–H and O–H groups in total. The zero-order chi connectivity index (χ0) is 15.4. The summed E-state index contributed by atoms with van der Waals surface area (Å²) in [6.07, 6.45) is 1.46. The second-order valence-electron chi connectivity index (χ2n) is 4.05. The van der Waals surface area contributed by atoms with Gasteiger partial charge in [0.15, 0.2) is 11.5 Å². The summed E-state index contributed by atoms with van der Waals surface area (Å²) in [6, 6.07) is 4.57. The van der Waals surface area contributed by atoms with Crippen LogP contribution in [0, 0.1) is 6.92 Å². The topological polar surface area (TPSA) is 108 Å². The highest BCUT2D eigenvalue weighted by molar-refractivity contribution is 8.04. The molecule has 1 heterocycles. The molecule has 8 heteroatoms. The number of nitrogens with zero attached hydrogens (tertiary/aromatic N) is 2. The quantitative estimate of drug-likeness (QED) is 0.573. The van der Waals surface area contributed by atoms with Gasteiger partial charge >= 0.3 is 5.97 Å². The van der Waals surface area contributed by atoms with Crippen molar-refractivity contribution in [3.63, 3.8) is 0 Å². The van der Waals surface area contributed by atoms with Crippen molar-refractivity contribution in [2.24, 2.45) is 0 Å². The number of ether oxygens (including phenoxy) is 1. The van der Waals surface area contributed by atoms with Crippen LogP contribution in [0.1, 0.15) is 11.4 Å². The van der Waals surface area contributed by atoms with Crippen LogP contribution in [0.15, 0.2) is 28.3 Å². The number of aryl methyl sites for hydroxylation is 1. The standard InChI is InChI=1S/C13H13N3O4S/c1-7-14-13(16-15-7)21-11(12(18)19)6-8-3-4-9(17)10(5-8)20-2/h3-6,17H,1-2H3,(H,18,19)(H,14,15,16)/b11-6-. The molecule has 0 spiro atoms. The Kier molecular flexibility index (Phi) is 4.49. The minimum Gasteiger partial charge on any atom is -0.504 e. The average molecular weight is 307 g/mol. The number of phenolic OH excluding ortho intramolecular Hbond substituents is 1. The van der Waals surface area contributed by atoms with E-state index in [-0.39, 0.29) is 16.4 Å². The maximum Gasteiger partial charge on any atom is 0.342 e. The van der Waals surface area contributed by atoms with Crippen molar-refractivity contribution >= 4 is 23.8 Å². The maximum absolute atomic E-state index is 11.3. The Balaban J connectivity index is 2.31. The monoisotopic (exact) mass is 307 g/mol. The average Bonchev–Trinajstić information content (AvgIpc) is 2.85. The Morgan fingerprint density at radius 3 is 2.81 bits per heavy atom. The lowest BCUT2D eigenvalue weighted by Gasteiger charge is -2.04. The molecule has 0 fully saturated rings. The lowest BCUT2D eigenvalue weighted by Crippen LogP contribution is -1.97. The predicted molar refractivity (Wildman–Crippen MR) is 77.2 cm³/mol. The predicted octanol–water partition coefficient (Wildman–Crippen LogP) is 2.05. The molecule has 0 aliphatic rings. The number of nitrogens with one attached hydrogen (secondary N) is 1. The molecule has 0 atom stereocenters. The lowest BCUT2D eigenvalue weighted by atomic mass is 10.2. The van der Waals surface area contributed by atoms with Gasteiger partial charge in [0.05, 0.1) is 7.11 Å². The van der Waals surface area contributed by atoms with Crippen LogP contribution in [0.2, 0.25) is 0 Å². The first-order chi connectivity index (χ1) is 9.99. The first-order valence-corrected chi connectivity index (χ1v) is 6.70. The molecular weight excluding hydrogens is 294 g/mol. The Labute approximate surface area is 124 Å². The Morgan fingerprint density at radius 2 is 2.24 bits per heavy atom. The van der Waals surface area contributed by atoms with E-state index >= 15 is 0 Å². The molecule has 0 saturated carbocycles. The number of aromatic hydroxyl groups is 1. The van der Waals surface area contributed by atoms with Crippen molar-refractivity contribution in [3.05, 3.63) is 34.5 Å². The first-order valence-electron chi connectivity index (χ1n) is 5.88. The van der Waals surface area contributed by atoms with Gasteiger partial charge in [-0.2, -0.15) is 0 Å². The summed E-state index contributed by atoms with van der Waals surface area (Å²) in [5.41, 5.74) is 0.585. The largest absolute Gasteiger partial charge is 0.504 e. The summed E-state index contributed by atoms with van der Waals surface area (Å²) in [4.78, 5) is 15.4. The van der Waals surface area contributed by atoms with Gasteiger partial charge in [-0.15, -0.1) is 5.10 Å². The summed E-state index contributed by atoms with van der Waals surface area (Å²) in [5, 5.41) is 25.6. The molecule has 0 aliphatic carbocycles. The van der Waals surface area contributed by atoms with Gasteiger partial charge in [-0.3, -0.25) is 5.10 Å². The summed E-state index contributed by atoms with van der Waals surface area (Å²) in [7, 11) is 1.42. The van der Waals surface area contributed by atoms with E-state index < -0.39 is 5.97 Å². The number of H-pyrrole nitrogens is 1. The Hall–Kier alpha value is -2.48. The Morgan fingerprint density at radius 1 is 1.48 bits per heavy atom. The molecule has 1 aromatic heterocycles. The van der Waals surface area contributed by atoms with E-state index in [9.17, 15) is 15.0 Å². The molecule has 7 nitrogen and oxygen atoms in total.